The number of aliphatic hydroxyl groups excluding tert-OH is 2. The number of hydrogen-bond acceptors (Lipinski definition) is 6. The maximum absolute atomic E-state index is 10.9. The fraction of sp³-hybridized carbons (Fsp3) is 0.429. The van der Waals surface area contributed by atoms with Crippen molar-refractivity contribution < 1.29 is 10.2 Å². The second-order valence-electron chi connectivity index (χ2n) is 8.22. The molecule has 1 saturated carbocycles. The zero-order chi connectivity index (χ0) is 21.0. The number of nitrogens with zero attached hydrogens (tertiary/aromatic N) is 3. The van der Waals surface area contributed by atoms with Gasteiger partial charge in [0.1, 0.15) is 23.9 Å². The van der Waals surface area contributed by atoms with E-state index in [4.69, 9.17) is 17.3 Å². The third-order valence-electron chi connectivity index (χ3n) is 6.48. The van der Waals surface area contributed by atoms with E-state index < -0.39 is 12.2 Å². The molecule has 0 bridgehead atoms. The molecule has 0 amide bonds. The normalized spacial score (nSPS) is 26.3. The molecule has 30 heavy (non-hydrogen) atoms. The van der Waals surface area contributed by atoms with E-state index in [-0.39, 0.29) is 12.0 Å². The van der Waals surface area contributed by atoms with E-state index in [1.54, 1.807) is 0 Å². The van der Waals surface area contributed by atoms with Gasteiger partial charge in [0.25, 0.3) is 0 Å². The highest BCUT2D eigenvalue weighted by Crippen LogP contribution is 2.41. The van der Waals surface area contributed by atoms with Crippen molar-refractivity contribution in [1.82, 2.24) is 19.9 Å². The first-order valence-electron chi connectivity index (χ1n) is 10.1. The molecule has 1 aromatic carbocycles. The molecule has 158 valence electrons. The molecule has 0 saturated heterocycles. The maximum atomic E-state index is 10.9. The molecule has 1 aliphatic carbocycles. The predicted octanol–water partition coefficient (Wildman–Crippen LogP) is 2.60. The summed E-state index contributed by atoms with van der Waals surface area (Å²) in [4.78, 5) is 8.42. The Morgan fingerprint density at radius 2 is 2.10 bits per heavy atom. The Labute approximate surface area is 187 Å². The van der Waals surface area contributed by atoms with Crippen molar-refractivity contribution in [2.45, 2.75) is 44.1 Å². The van der Waals surface area contributed by atoms with Gasteiger partial charge in [0, 0.05) is 22.2 Å². The lowest BCUT2D eigenvalue weighted by Crippen LogP contribution is -2.30. The fourth-order valence-corrected chi connectivity index (χ4v) is 5.86. The molecule has 7 nitrogen and oxygen atoms in total. The second kappa shape index (κ2) is 7.76. The molecule has 4 atom stereocenters. The highest BCUT2D eigenvalue weighted by Gasteiger charge is 2.43. The Morgan fingerprint density at radius 1 is 1.27 bits per heavy atom. The molecule has 5 rings (SSSR count). The first kappa shape index (κ1) is 20.2. The van der Waals surface area contributed by atoms with E-state index in [1.165, 1.54) is 17.5 Å². The molecule has 2 aliphatic rings. The SMILES string of the molecule is Nc1ncnc2c1c(Br)cn2[C@@H]1C[C@H](Cc2cc(Cl)cc3c2CNCC3)[C@@H](O)[C@H]1O. The summed E-state index contributed by atoms with van der Waals surface area (Å²) < 4.78 is 2.68. The second-order valence-corrected chi connectivity index (χ2v) is 9.51. The lowest BCUT2D eigenvalue weighted by molar-refractivity contribution is 0.00678. The number of hydrogen-bond donors (Lipinski definition) is 4. The summed E-state index contributed by atoms with van der Waals surface area (Å²) in [6, 6.07) is 3.73. The molecule has 9 heteroatoms. The number of aliphatic hydroxyl groups is 2. The molecular formula is C21H23BrClN5O2. The lowest BCUT2D eigenvalue weighted by atomic mass is 9.88. The zero-order valence-corrected chi connectivity index (χ0v) is 18.6. The fourth-order valence-electron chi connectivity index (χ4n) is 5.00. The smallest absolute Gasteiger partial charge is 0.146 e. The van der Waals surface area contributed by atoms with Crippen molar-refractivity contribution >= 4 is 44.4 Å². The van der Waals surface area contributed by atoms with Crippen LogP contribution in [-0.4, -0.2) is 43.5 Å². The third kappa shape index (κ3) is 3.31. The van der Waals surface area contributed by atoms with Gasteiger partial charge in [0.15, 0.2) is 0 Å². The summed E-state index contributed by atoms with van der Waals surface area (Å²) in [7, 11) is 0. The Kier molecular flexibility index (Phi) is 5.23. The minimum atomic E-state index is -0.901. The van der Waals surface area contributed by atoms with Crippen molar-refractivity contribution in [2.24, 2.45) is 5.92 Å². The summed E-state index contributed by atoms with van der Waals surface area (Å²) in [5.74, 6) is 0.290. The molecule has 3 aromatic rings. The van der Waals surface area contributed by atoms with E-state index in [2.05, 4.69) is 31.2 Å². The first-order chi connectivity index (χ1) is 14.4. The molecular weight excluding hydrogens is 470 g/mol. The number of aromatic nitrogens is 3. The van der Waals surface area contributed by atoms with Crippen LogP contribution in [0.3, 0.4) is 0 Å². The van der Waals surface area contributed by atoms with Crippen LogP contribution in [0.15, 0.2) is 29.1 Å². The number of nitrogen functional groups attached to an aromatic ring is 1. The van der Waals surface area contributed by atoms with Crippen LogP contribution in [0.2, 0.25) is 5.02 Å². The molecule has 0 unspecified atom stereocenters. The van der Waals surface area contributed by atoms with Gasteiger partial charge in [0.05, 0.1) is 17.5 Å². The number of benzene rings is 1. The highest BCUT2D eigenvalue weighted by molar-refractivity contribution is 9.10. The number of nitrogens with one attached hydrogen (secondary N) is 1. The number of rotatable bonds is 3. The number of fused-ring (bicyclic) bond motifs is 2. The predicted molar refractivity (Wildman–Crippen MR) is 119 cm³/mol. The van der Waals surface area contributed by atoms with Gasteiger partial charge in [-0.05, 0) is 76.5 Å². The van der Waals surface area contributed by atoms with Crippen molar-refractivity contribution in [3.8, 4) is 0 Å². The van der Waals surface area contributed by atoms with Gasteiger partial charge in [-0.3, -0.25) is 0 Å². The summed E-state index contributed by atoms with van der Waals surface area (Å²) in [6.45, 7) is 1.75. The van der Waals surface area contributed by atoms with Crippen molar-refractivity contribution in [1.29, 1.82) is 0 Å². The van der Waals surface area contributed by atoms with Crippen LogP contribution in [0.4, 0.5) is 5.82 Å². The van der Waals surface area contributed by atoms with E-state index in [1.807, 2.05) is 22.9 Å². The van der Waals surface area contributed by atoms with E-state index in [0.717, 1.165) is 40.0 Å². The maximum Gasteiger partial charge on any atom is 0.146 e. The number of anilines is 1. The quantitative estimate of drug-likeness (QED) is 0.447. The van der Waals surface area contributed by atoms with Gasteiger partial charge in [-0.1, -0.05) is 11.6 Å². The van der Waals surface area contributed by atoms with Gasteiger partial charge in [0.2, 0.25) is 0 Å². The summed E-state index contributed by atoms with van der Waals surface area (Å²) >= 11 is 9.89. The van der Waals surface area contributed by atoms with Gasteiger partial charge < -0.3 is 25.8 Å². The monoisotopic (exact) mass is 491 g/mol. The average molecular weight is 493 g/mol. The van der Waals surface area contributed by atoms with Crippen LogP contribution < -0.4 is 11.1 Å². The Bertz CT molecular complexity index is 1120. The topological polar surface area (TPSA) is 109 Å². The van der Waals surface area contributed by atoms with Crippen molar-refractivity contribution in [3.63, 3.8) is 0 Å². The minimum absolute atomic E-state index is 0.0927. The van der Waals surface area contributed by atoms with Crippen molar-refractivity contribution in [3.05, 3.63) is 50.8 Å². The average Bonchev–Trinajstić information content (AvgIpc) is 3.20. The van der Waals surface area contributed by atoms with E-state index in [9.17, 15) is 10.2 Å². The number of nitrogens with two attached hydrogens (primary N) is 1. The molecule has 0 radical (unpaired) electrons. The summed E-state index contributed by atoms with van der Waals surface area (Å²) in [6.07, 6.45) is 3.78. The Hall–Kier alpha value is -1.71. The Morgan fingerprint density at radius 3 is 2.93 bits per heavy atom. The molecule has 5 N–H and O–H groups in total. The first-order valence-corrected chi connectivity index (χ1v) is 11.2. The third-order valence-corrected chi connectivity index (χ3v) is 7.30. The summed E-state index contributed by atoms with van der Waals surface area (Å²) in [5, 5.41) is 26.6. The minimum Gasteiger partial charge on any atom is -0.390 e. The van der Waals surface area contributed by atoms with Crippen LogP contribution >= 0.6 is 27.5 Å². The largest absolute Gasteiger partial charge is 0.390 e. The van der Waals surface area contributed by atoms with Crippen LogP contribution in [0.5, 0.6) is 0 Å². The van der Waals surface area contributed by atoms with E-state index in [0.29, 0.717) is 24.3 Å². The molecule has 3 heterocycles. The van der Waals surface area contributed by atoms with Crippen LogP contribution in [0.1, 0.15) is 29.2 Å². The van der Waals surface area contributed by atoms with Crippen LogP contribution in [0, 0.1) is 5.92 Å². The summed E-state index contributed by atoms with van der Waals surface area (Å²) in [5.41, 5.74) is 10.3. The molecule has 1 fully saturated rings. The van der Waals surface area contributed by atoms with E-state index >= 15 is 0 Å². The van der Waals surface area contributed by atoms with Gasteiger partial charge in [-0.25, -0.2) is 9.97 Å². The van der Waals surface area contributed by atoms with Gasteiger partial charge in [-0.2, -0.15) is 0 Å². The highest BCUT2D eigenvalue weighted by atomic mass is 79.9. The molecule has 1 aliphatic heterocycles. The van der Waals surface area contributed by atoms with Crippen LogP contribution in [-0.2, 0) is 19.4 Å². The Balaban J connectivity index is 1.47. The molecule has 0 spiro atoms. The lowest BCUT2D eigenvalue weighted by Gasteiger charge is -2.23. The zero-order valence-electron chi connectivity index (χ0n) is 16.2. The standard InChI is InChI=1S/C21H23BrClN5O2/c22-15-8-28(21-17(15)20(24)26-9-27-21)16-6-12(18(29)19(16)30)3-11-5-13(23)4-10-1-2-25-7-14(10)11/h4-5,8-9,12,16,18-19,25,29-30H,1-3,6-7H2,(H2,24,26,27)/t12-,16+,18+,19-/m0/s1. The van der Waals surface area contributed by atoms with Gasteiger partial charge in [-0.15, -0.1) is 0 Å². The van der Waals surface area contributed by atoms with Crippen molar-refractivity contribution in [2.75, 3.05) is 12.3 Å². The van der Waals surface area contributed by atoms with Crippen LogP contribution in [0.25, 0.3) is 11.0 Å². The van der Waals surface area contributed by atoms with Gasteiger partial charge >= 0.3 is 0 Å². The number of halogens is 2. The molecule has 2 aromatic heterocycles.